The van der Waals surface area contributed by atoms with E-state index in [1.165, 1.54) is 28.8 Å². The number of aromatic nitrogens is 1. The fourth-order valence-electron chi connectivity index (χ4n) is 2.04. The highest BCUT2D eigenvalue weighted by atomic mass is 32.2. The molecule has 1 aromatic heterocycles. The van der Waals surface area contributed by atoms with Gasteiger partial charge in [0.25, 0.3) is 5.91 Å². The van der Waals surface area contributed by atoms with Crippen LogP contribution in [0.3, 0.4) is 0 Å². The molecule has 1 aliphatic heterocycles. The molecule has 1 aliphatic rings. The first-order valence-corrected chi connectivity index (χ1v) is 7.53. The number of carbonyl (C=O) groups excluding carboxylic acids is 1. The Morgan fingerprint density at radius 3 is 2.82 bits per heavy atom. The number of nitrogens with zero attached hydrogens (tertiary/aromatic N) is 1. The molecular formula is C15H10N2O3S2. The molecule has 0 spiro atoms. The SMILES string of the molecule is O=C(O)c1cccc(N2C(=O)/C(=C/c3ccc[nH]3)SC2=S)c1. The molecule has 22 heavy (non-hydrogen) atoms. The molecule has 0 saturated carbocycles. The summed E-state index contributed by atoms with van der Waals surface area (Å²) in [5.74, 6) is -1.30. The molecule has 1 amide bonds. The molecule has 5 nitrogen and oxygen atoms in total. The van der Waals surface area contributed by atoms with E-state index in [1.807, 2.05) is 12.1 Å². The molecule has 0 atom stereocenters. The molecule has 0 unspecified atom stereocenters. The summed E-state index contributed by atoms with van der Waals surface area (Å²) < 4.78 is 0.380. The number of anilines is 1. The number of benzene rings is 1. The molecule has 2 N–H and O–H groups in total. The van der Waals surface area contributed by atoms with E-state index in [0.717, 1.165) is 5.69 Å². The van der Waals surface area contributed by atoms with Gasteiger partial charge < -0.3 is 10.1 Å². The van der Waals surface area contributed by atoms with E-state index in [-0.39, 0.29) is 11.5 Å². The van der Waals surface area contributed by atoms with Gasteiger partial charge in [0.15, 0.2) is 4.32 Å². The molecule has 2 aromatic rings. The first kappa shape index (κ1) is 14.6. The van der Waals surface area contributed by atoms with Crippen molar-refractivity contribution >= 4 is 51.9 Å². The van der Waals surface area contributed by atoms with E-state index in [0.29, 0.717) is 14.9 Å². The number of H-pyrrole nitrogens is 1. The lowest BCUT2D eigenvalue weighted by atomic mass is 10.2. The number of nitrogens with one attached hydrogen (secondary N) is 1. The lowest BCUT2D eigenvalue weighted by Crippen LogP contribution is -2.27. The van der Waals surface area contributed by atoms with Crippen molar-refractivity contribution in [3.05, 3.63) is 58.8 Å². The standard InChI is InChI=1S/C15H10N2O3S2/c18-13-12(8-10-4-2-6-16-10)22-15(21)17(13)11-5-1-3-9(7-11)14(19)20/h1-8,16H,(H,19,20)/b12-8-. The maximum atomic E-state index is 12.5. The Balaban J connectivity index is 1.95. The highest BCUT2D eigenvalue weighted by Gasteiger charge is 2.33. The third-order valence-electron chi connectivity index (χ3n) is 3.05. The Hall–Kier alpha value is -2.38. The van der Waals surface area contributed by atoms with Crippen LogP contribution in [0.2, 0.25) is 0 Å². The average molecular weight is 330 g/mol. The van der Waals surface area contributed by atoms with Crippen molar-refractivity contribution in [3.63, 3.8) is 0 Å². The zero-order valence-electron chi connectivity index (χ0n) is 11.1. The Bertz CT molecular complexity index is 797. The highest BCUT2D eigenvalue weighted by Crippen LogP contribution is 2.36. The van der Waals surface area contributed by atoms with Crippen molar-refractivity contribution in [2.45, 2.75) is 0 Å². The van der Waals surface area contributed by atoms with Crippen LogP contribution in [0.1, 0.15) is 16.1 Å². The summed E-state index contributed by atoms with van der Waals surface area (Å²) in [4.78, 5) is 28.4. The number of thioether (sulfide) groups is 1. The van der Waals surface area contributed by atoms with Crippen molar-refractivity contribution < 1.29 is 14.7 Å². The van der Waals surface area contributed by atoms with Crippen LogP contribution < -0.4 is 4.90 Å². The van der Waals surface area contributed by atoms with Gasteiger partial charge in [0.05, 0.1) is 16.2 Å². The number of rotatable bonds is 3. The van der Waals surface area contributed by atoms with Crippen LogP contribution in [0.25, 0.3) is 6.08 Å². The van der Waals surface area contributed by atoms with Crippen molar-refractivity contribution in [1.82, 2.24) is 4.98 Å². The molecular weight excluding hydrogens is 320 g/mol. The zero-order chi connectivity index (χ0) is 15.7. The van der Waals surface area contributed by atoms with Gasteiger partial charge in [-0.3, -0.25) is 9.69 Å². The van der Waals surface area contributed by atoms with Crippen molar-refractivity contribution in [1.29, 1.82) is 0 Å². The predicted molar refractivity (Wildman–Crippen MR) is 89.8 cm³/mol. The van der Waals surface area contributed by atoms with Gasteiger partial charge in [-0.2, -0.15) is 0 Å². The van der Waals surface area contributed by atoms with E-state index >= 15 is 0 Å². The number of aromatic amines is 1. The van der Waals surface area contributed by atoms with Crippen LogP contribution in [0.15, 0.2) is 47.5 Å². The number of amides is 1. The largest absolute Gasteiger partial charge is 0.478 e. The molecule has 1 fully saturated rings. The Kier molecular flexibility index (Phi) is 3.82. The molecule has 3 rings (SSSR count). The number of thiocarbonyl (C=S) groups is 1. The number of aromatic carboxylic acids is 1. The second kappa shape index (κ2) is 5.78. The second-order valence-electron chi connectivity index (χ2n) is 4.50. The Morgan fingerprint density at radius 2 is 2.14 bits per heavy atom. The van der Waals surface area contributed by atoms with E-state index in [1.54, 1.807) is 24.4 Å². The number of hydrogen-bond acceptors (Lipinski definition) is 4. The lowest BCUT2D eigenvalue weighted by Gasteiger charge is -2.14. The van der Waals surface area contributed by atoms with Gasteiger partial charge in [-0.05, 0) is 36.4 Å². The van der Waals surface area contributed by atoms with Gasteiger partial charge in [-0.15, -0.1) is 0 Å². The van der Waals surface area contributed by atoms with Gasteiger partial charge in [0, 0.05) is 11.9 Å². The smallest absolute Gasteiger partial charge is 0.335 e. The van der Waals surface area contributed by atoms with Crippen molar-refractivity contribution in [2.24, 2.45) is 0 Å². The minimum absolute atomic E-state index is 0.111. The summed E-state index contributed by atoms with van der Waals surface area (Å²) >= 11 is 6.44. The summed E-state index contributed by atoms with van der Waals surface area (Å²) in [5.41, 5.74) is 1.37. The van der Waals surface area contributed by atoms with Crippen LogP contribution in [-0.4, -0.2) is 26.3 Å². The molecule has 7 heteroatoms. The second-order valence-corrected chi connectivity index (χ2v) is 6.17. The van der Waals surface area contributed by atoms with Gasteiger partial charge >= 0.3 is 5.97 Å². The summed E-state index contributed by atoms with van der Waals surface area (Å²) in [5, 5.41) is 9.05. The zero-order valence-corrected chi connectivity index (χ0v) is 12.8. The maximum absolute atomic E-state index is 12.5. The third kappa shape index (κ3) is 2.68. The van der Waals surface area contributed by atoms with Crippen LogP contribution in [0, 0.1) is 0 Å². The van der Waals surface area contributed by atoms with Crippen LogP contribution in [0.4, 0.5) is 5.69 Å². The van der Waals surface area contributed by atoms with Gasteiger partial charge in [-0.25, -0.2) is 4.79 Å². The normalized spacial score (nSPS) is 16.5. The first-order valence-electron chi connectivity index (χ1n) is 6.31. The van der Waals surface area contributed by atoms with E-state index in [2.05, 4.69) is 4.98 Å². The number of hydrogen-bond donors (Lipinski definition) is 2. The van der Waals surface area contributed by atoms with Gasteiger partial charge in [-0.1, -0.05) is 30.0 Å². The van der Waals surface area contributed by atoms with Crippen LogP contribution in [-0.2, 0) is 4.79 Å². The minimum atomic E-state index is -1.05. The fraction of sp³-hybridized carbons (Fsp3) is 0. The van der Waals surface area contributed by atoms with Crippen molar-refractivity contribution in [3.8, 4) is 0 Å². The molecule has 2 heterocycles. The summed E-state index contributed by atoms with van der Waals surface area (Å²) in [7, 11) is 0. The number of carbonyl (C=O) groups is 2. The molecule has 1 aromatic carbocycles. The monoisotopic (exact) mass is 330 g/mol. The number of carboxylic acid groups (broad SMARTS) is 1. The Labute approximate surface area is 135 Å². The molecule has 0 aliphatic carbocycles. The highest BCUT2D eigenvalue weighted by molar-refractivity contribution is 8.27. The fourth-order valence-corrected chi connectivity index (χ4v) is 3.33. The molecule has 1 saturated heterocycles. The molecule has 110 valence electrons. The van der Waals surface area contributed by atoms with Gasteiger partial charge in [0.1, 0.15) is 0 Å². The van der Waals surface area contributed by atoms with Gasteiger partial charge in [0.2, 0.25) is 0 Å². The predicted octanol–water partition coefficient (Wildman–Crippen LogP) is 3.12. The minimum Gasteiger partial charge on any atom is -0.478 e. The molecule has 0 radical (unpaired) electrons. The Morgan fingerprint density at radius 1 is 1.32 bits per heavy atom. The van der Waals surface area contributed by atoms with Crippen LogP contribution >= 0.6 is 24.0 Å². The summed E-state index contributed by atoms with van der Waals surface area (Å²) in [6, 6.07) is 9.84. The summed E-state index contributed by atoms with van der Waals surface area (Å²) in [6.45, 7) is 0. The topological polar surface area (TPSA) is 73.4 Å². The van der Waals surface area contributed by atoms with E-state index in [4.69, 9.17) is 17.3 Å². The maximum Gasteiger partial charge on any atom is 0.335 e. The van der Waals surface area contributed by atoms with Crippen molar-refractivity contribution in [2.75, 3.05) is 4.90 Å². The van der Waals surface area contributed by atoms with E-state index in [9.17, 15) is 9.59 Å². The number of carboxylic acids is 1. The average Bonchev–Trinajstić information content (AvgIpc) is 3.08. The quantitative estimate of drug-likeness (QED) is 0.668. The van der Waals surface area contributed by atoms with Crippen LogP contribution in [0.5, 0.6) is 0 Å². The lowest BCUT2D eigenvalue weighted by molar-refractivity contribution is -0.113. The molecule has 0 bridgehead atoms. The third-order valence-corrected chi connectivity index (χ3v) is 4.36. The first-order chi connectivity index (χ1) is 10.6. The summed E-state index contributed by atoms with van der Waals surface area (Å²) in [6.07, 6.45) is 3.49. The van der Waals surface area contributed by atoms with E-state index < -0.39 is 5.97 Å².